The van der Waals surface area contributed by atoms with Crippen LogP contribution in [0.25, 0.3) is 10.8 Å². The van der Waals surface area contributed by atoms with Gasteiger partial charge in [0.05, 0.1) is 19.3 Å². The van der Waals surface area contributed by atoms with E-state index in [-0.39, 0.29) is 6.04 Å². The SMILES string of the molecule is CNC(=O)C(=O)NC[C@H](c1cccc2ccccc12)N1CCOCC1. The van der Waals surface area contributed by atoms with Gasteiger partial charge >= 0.3 is 11.8 Å². The lowest BCUT2D eigenvalue weighted by Crippen LogP contribution is -2.46. The Morgan fingerprint density at radius 2 is 1.80 bits per heavy atom. The summed E-state index contributed by atoms with van der Waals surface area (Å²) >= 11 is 0. The molecule has 0 bridgehead atoms. The fraction of sp³-hybridized carbons (Fsp3) is 0.368. The van der Waals surface area contributed by atoms with E-state index in [4.69, 9.17) is 4.74 Å². The average molecular weight is 341 g/mol. The van der Waals surface area contributed by atoms with Crippen molar-refractivity contribution in [2.24, 2.45) is 0 Å². The number of ether oxygens (including phenoxy) is 1. The van der Waals surface area contributed by atoms with Gasteiger partial charge in [-0.3, -0.25) is 14.5 Å². The van der Waals surface area contributed by atoms with Crippen LogP contribution in [0.15, 0.2) is 42.5 Å². The largest absolute Gasteiger partial charge is 0.379 e. The van der Waals surface area contributed by atoms with Crippen molar-refractivity contribution in [3.05, 3.63) is 48.0 Å². The highest BCUT2D eigenvalue weighted by Gasteiger charge is 2.25. The van der Waals surface area contributed by atoms with Crippen molar-refractivity contribution in [2.75, 3.05) is 39.9 Å². The van der Waals surface area contributed by atoms with Crippen molar-refractivity contribution in [3.8, 4) is 0 Å². The molecule has 2 N–H and O–H groups in total. The van der Waals surface area contributed by atoms with Gasteiger partial charge in [0, 0.05) is 26.7 Å². The van der Waals surface area contributed by atoms with E-state index in [9.17, 15) is 9.59 Å². The second-order valence-corrected chi connectivity index (χ2v) is 6.02. The molecule has 132 valence electrons. The molecule has 1 fully saturated rings. The van der Waals surface area contributed by atoms with Crippen LogP contribution in [-0.4, -0.2) is 56.6 Å². The smallest absolute Gasteiger partial charge is 0.309 e. The fourth-order valence-corrected chi connectivity index (χ4v) is 3.25. The number of hydrogen-bond acceptors (Lipinski definition) is 4. The van der Waals surface area contributed by atoms with Crippen molar-refractivity contribution in [1.29, 1.82) is 0 Å². The van der Waals surface area contributed by atoms with Gasteiger partial charge in [-0.2, -0.15) is 0 Å². The monoisotopic (exact) mass is 341 g/mol. The molecule has 0 unspecified atom stereocenters. The topological polar surface area (TPSA) is 70.7 Å². The van der Waals surface area contributed by atoms with E-state index < -0.39 is 11.8 Å². The summed E-state index contributed by atoms with van der Waals surface area (Å²) in [5.41, 5.74) is 1.15. The number of hydrogen-bond donors (Lipinski definition) is 2. The minimum absolute atomic E-state index is 0.0105. The zero-order valence-electron chi connectivity index (χ0n) is 14.3. The molecule has 0 aromatic heterocycles. The summed E-state index contributed by atoms with van der Waals surface area (Å²) in [6, 6.07) is 14.4. The molecule has 25 heavy (non-hydrogen) atoms. The third kappa shape index (κ3) is 3.97. The first kappa shape index (κ1) is 17.4. The van der Waals surface area contributed by atoms with Gasteiger partial charge in [0.25, 0.3) is 0 Å². The summed E-state index contributed by atoms with van der Waals surface area (Å²) in [6.45, 7) is 3.31. The highest BCUT2D eigenvalue weighted by atomic mass is 16.5. The number of carbonyl (C=O) groups is 2. The summed E-state index contributed by atoms with van der Waals surface area (Å²) in [7, 11) is 1.45. The van der Waals surface area contributed by atoms with Crippen LogP contribution in [0.1, 0.15) is 11.6 Å². The summed E-state index contributed by atoms with van der Waals surface area (Å²) < 4.78 is 5.46. The van der Waals surface area contributed by atoms with Crippen molar-refractivity contribution in [2.45, 2.75) is 6.04 Å². The Balaban J connectivity index is 1.89. The fourth-order valence-electron chi connectivity index (χ4n) is 3.25. The second-order valence-electron chi connectivity index (χ2n) is 6.02. The van der Waals surface area contributed by atoms with E-state index in [0.717, 1.165) is 29.4 Å². The first-order valence-corrected chi connectivity index (χ1v) is 8.50. The van der Waals surface area contributed by atoms with Gasteiger partial charge in [-0.15, -0.1) is 0 Å². The lowest BCUT2D eigenvalue weighted by molar-refractivity contribution is -0.139. The molecule has 1 heterocycles. The number of benzene rings is 2. The highest BCUT2D eigenvalue weighted by Crippen LogP contribution is 2.28. The Hall–Kier alpha value is -2.44. The number of rotatable bonds is 4. The molecule has 1 atom stereocenters. The molecule has 6 heteroatoms. The van der Waals surface area contributed by atoms with Gasteiger partial charge in [-0.25, -0.2) is 0 Å². The minimum atomic E-state index is -0.626. The normalized spacial score (nSPS) is 16.4. The predicted octanol–water partition coefficient (Wildman–Crippen LogP) is 1.08. The first-order valence-electron chi connectivity index (χ1n) is 8.50. The number of carbonyl (C=O) groups excluding carboxylic acids is 2. The summed E-state index contributed by atoms with van der Waals surface area (Å²) in [5.74, 6) is -1.24. The highest BCUT2D eigenvalue weighted by molar-refractivity contribution is 6.35. The predicted molar refractivity (Wildman–Crippen MR) is 96.2 cm³/mol. The zero-order chi connectivity index (χ0) is 17.6. The maximum atomic E-state index is 11.9. The average Bonchev–Trinajstić information content (AvgIpc) is 2.68. The standard InChI is InChI=1S/C19H23N3O3/c1-20-18(23)19(24)21-13-17(22-9-11-25-12-10-22)16-8-4-6-14-5-2-3-7-15(14)16/h2-8,17H,9-13H2,1H3,(H,20,23)(H,21,24)/t17-/m1/s1. The molecule has 0 aliphatic carbocycles. The number of nitrogens with zero attached hydrogens (tertiary/aromatic N) is 1. The first-order chi connectivity index (χ1) is 12.2. The van der Waals surface area contributed by atoms with Crippen LogP contribution in [0.3, 0.4) is 0 Å². The Bertz CT molecular complexity index is 751. The maximum absolute atomic E-state index is 11.9. The molecular formula is C19H23N3O3. The summed E-state index contributed by atoms with van der Waals surface area (Å²) in [6.07, 6.45) is 0. The van der Waals surface area contributed by atoms with Crippen molar-refractivity contribution in [3.63, 3.8) is 0 Å². The number of fused-ring (bicyclic) bond motifs is 1. The Morgan fingerprint density at radius 3 is 2.56 bits per heavy atom. The molecule has 0 radical (unpaired) electrons. The molecule has 0 saturated carbocycles. The van der Waals surface area contributed by atoms with Gasteiger partial charge < -0.3 is 15.4 Å². The summed E-state index contributed by atoms with van der Waals surface area (Å²) in [5, 5.41) is 7.44. The molecule has 2 amide bonds. The Kier molecular flexibility index (Phi) is 5.63. The van der Waals surface area contributed by atoms with Crippen molar-refractivity contribution >= 4 is 22.6 Å². The van der Waals surface area contributed by atoms with Crippen LogP contribution in [-0.2, 0) is 14.3 Å². The van der Waals surface area contributed by atoms with E-state index in [1.807, 2.05) is 18.2 Å². The summed E-state index contributed by atoms with van der Waals surface area (Å²) in [4.78, 5) is 25.7. The quantitative estimate of drug-likeness (QED) is 0.817. The van der Waals surface area contributed by atoms with Gasteiger partial charge in [0.2, 0.25) is 0 Å². The molecular weight excluding hydrogens is 318 g/mol. The number of likely N-dealkylation sites (N-methyl/N-ethyl adjacent to an activating group) is 1. The van der Waals surface area contributed by atoms with Crippen LogP contribution >= 0.6 is 0 Å². The zero-order valence-corrected chi connectivity index (χ0v) is 14.3. The molecule has 1 saturated heterocycles. The maximum Gasteiger partial charge on any atom is 0.309 e. The van der Waals surface area contributed by atoms with E-state index in [1.54, 1.807) is 0 Å². The van der Waals surface area contributed by atoms with E-state index >= 15 is 0 Å². The van der Waals surface area contributed by atoms with Gasteiger partial charge in [0.1, 0.15) is 0 Å². The second kappa shape index (κ2) is 8.09. The number of nitrogens with one attached hydrogen (secondary N) is 2. The molecule has 1 aliphatic rings. The minimum Gasteiger partial charge on any atom is -0.379 e. The van der Waals surface area contributed by atoms with Crippen molar-refractivity contribution in [1.82, 2.24) is 15.5 Å². The van der Waals surface area contributed by atoms with E-state index in [0.29, 0.717) is 19.8 Å². The van der Waals surface area contributed by atoms with E-state index in [1.165, 1.54) is 7.05 Å². The molecule has 6 nitrogen and oxygen atoms in total. The van der Waals surface area contributed by atoms with Crippen LogP contribution in [0.5, 0.6) is 0 Å². The van der Waals surface area contributed by atoms with E-state index in [2.05, 4.69) is 39.8 Å². The van der Waals surface area contributed by atoms with Crippen molar-refractivity contribution < 1.29 is 14.3 Å². The molecule has 1 aliphatic heterocycles. The number of morpholine rings is 1. The van der Waals surface area contributed by atoms with Crippen LogP contribution in [0.4, 0.5) is 0 Å². The lowest BCUT2D eigenvalue weighted by Gasteiger charge is -2.35. The number of amides is 2. The van der Waals surface area contributed by atoms with Crippen LogP contribution in [0, 0.1) is 0 Å². The lowest BCUT2D eigenvalue weighted by atomic mass is 9.97. The molecule has 0 spiro atoms. The Morgan fingerprint density at radius 1 is 1.08 bits per heavy atom. The molecule has 2 aromatic carbocycles. The Labute approximate surface area is 147 Å². The molecule has 3 rings (SSSR count). The van der Waals surface area contributed by atoms with Gasteiger partial charge in [0.15, 0.2) is 0 Å². The third-order valence-electron chi connectivity index (χ3n) is 4.56. The van der Waals surface area contributed by atoms with Gasteiger partial charge in [-0.05, 0) is 16.3 Å². The van der Waals surface area contributed by atoms with Crippen LogP contribution < -0.4 is 10.6 Å². The third-order valence-corrected chi connectivity index (χ3v) is 4.56. The van der Waals surface area contributed by atoms with Gasteiger partial charge in [-0.1, -0.05) is 42.5 Å². The molecule has 2 aromatic rings. The van der Waals surface area contributed by atoms with Crippen LogP contribution in [0.2, 0.25) is 0 Å².